The highest BCUT2D eigenvalue weighted by Crippen LogP contribution is 2.22. The third-order valence-corrected chi connectivity index (χ3v) is 4.36. The molecule has 1 aliphatic heterocycles. The van der Waals surface area contributed by atoms with Crippen molar-refractivity contribution >= 4 is 5.82 Å². The Bertz CT molecular complexity index is 458. The van der Waals surface area contributed by atoms with E-state index in [2.05, 4.69) is 54.9 Å². The summed E-state index contributed by atoms with van der Waals surface area (Å²) in [5.41, 5.74) is 2.53. The number of piperazine rings is 1. The second-order valence-corrected chi connectivity index (χ2v) is 6.37. The molecule has 21 heavy (non-hydrogen) atoms. The molecule has 1 aromatic rings. The van der Waals surface area contributed by atoms with Crippen molar-refractivity contribution in [3.63, 3.8) is 0 Å². The molecular formula is C17H30N4. The summed E-state index contributed by atoms with van der Waals surface area (Å²) in [7, 11) is 2.00. The monoisotopic (exact) mass is 290 g/mol. The molecule has 4 heteroatoms. The zero-order valence-electron chi connectivity index (χ0n) is 14.2. The van der Waals surface area contributed by atoms with Crippen LogP contribution in [-0.4, -0.2) is 49.2 Å². The topological polar surface area (TPSA) is 31.4 Å². The summed E-state index contributed by atoms with van der Waals surface area (Å²) in [6.45, 7) is 14.3. The van der Waals surface area contributed by atoms with Crippen LogP contribution >= 0.6 is 0 Å². The van der Waals surface area contributed by atoms with Gasteiger partial charge in [0.25, 0.3) is 0 Å². The Balaban J connectivity index is 2.22. The number of rotatable bonds is 5. The summed E-state index contributed by atoms with van der Waals surface area (Å²) in [6, 6.07) is 5.08. The Labute approximate surface area is 129 Å². The van der Waals surface area contributed by atoms with Gasteiger partial charge in [-0.15, -0.1) is 0 Å². The Morgan fingerprint density at radius 1 is 1.33 bits per heavy atom. The van der Waals surface area contributed by atoms with Crippen LogP contribution < -0.4 is 10.2 Å². The van der Waals surface area contributed by atoms with Crippen molar-refractivity contribution in [1.29, 1.82) is 0 Å². The third kappa shape index (κ3) is 3.95. The number of anilines is 1. The van der Waals surface area contributed by atoms with Gasteiger partial charge in [-0.25, -0.2) is 4.98 Å². The fourth-order valence-electron chi connectivity index (χ4n) is 3.03. The molecule has 1 fully saturated rings. The van der Waals surface area contributed by atoms with E-state index >= 15 is 0 Å². The van der Waals surface area contributed by atoms with Crippen LogP contribution in [0.3, 0.4) is 0 Å². The van der Waals surface area contributed by atoms with E-state index in [0.29, 0.717) is 12.0 Å². The molecule has 118 valence electrons. The van der Waals surface area contributed by atoms with Gasteiger partial charge in [-0.05, 0) is 44.1 Å². The van der Waals surface area contributed by atoms with Gasteiger partial charge in [0.1, 0.15) is 5.82 Å². The van der Waals surface area contributed by atoms with Crippen LogP contribution in [0.25, 0.3) is 0 Å². The minimum Gasteiger partial charge on any atom is -0.354 e. The Kier molecular flexibility index (Phi) is 5.59. The van der Waals surface area contributed by atoms with Crippen molar-refractivity contribution < 1.29 is 0 Å². The van der Waals surface area contributed by atoms with Gasteiger partial charge >= 0.3 is 0 Å². The number of hydrogen-bond donors (Lipinski definition) is 1. The molecule has 1 unspecified atom stereocenters. The molecule has 1 N–H and O–H groups in total. The lowest BCUT2D eigenvalue weighted by Gasteiger charge is -2.40. The number of hydrogen-bond acceptors (Lipinski definition) is 4. The van der Waals surface area contributed by atoms with Crippen LogP contribution in [0.5, 0.6) is 0 Å². The fraction of sp³-hybridized carbons (Fsp3) is 0.706. The third-order valence-electron chi connectivity index (χ3n) is 4.36. The number of likely N-dealkylation sites (N-methyl/N-ethyl adjacent to an activating group) is 1. The minimum atomic E-state index is 0.468. The normalized spacial score (nSPS) is 20.3. The standard InChI is InChI=1S/C17H30N4/c1-6-20-7-8-21(12-14(20)4)17-10-15(11-18-5)9-16(19-17)13(2)3/h9-10,13-14,18H,6-8,11-12H2,1-5H3. The maximum Gasteiger partial charge on any atom is 0.129 e. The number of aromatic nitrogens is 1. The van der Waals surface area contributed by atoms with Crippen LogP contribution in [0, 0.1) is 0 Å². The lowest BCUT2D eigenvalue weighted by molar-refractivity contribution is 0.199. The van der Waals surface area contributed by atoms with Gasteiger partial charge < -0.3 is 10.2 Å². The van der Waals surface area contributed by atoms with Gasteiger partial charge in [0.15, 0.2) is 0 Å². The SMILES string of the molecule is CCN1CCN(c2cc(CNC)cc(C(C)C)n2)CC1C. The lowest BCUT2D eigenvalue weighted by atomic mass is 10.1. The maximum atomic E-state index is 4.90. The molecule has 2 heterocycles. The number of nitrogens with one attached hydrogen (secondary N) is 1. The van der Waals surface area contributed by atoms with Gasteiger partial charge in [0.2, 0.25) is 0 Å². The highest BCUT2D eigenvalue weighted by atomic mass is 15.3. The first-order chi connectivity index (χ1) is 10.0. The summed E-state index contributed by atoms with van der Waals surface area (Å²) in [5.74, 6) is 1.61. The van der Waals surface area contributed by atoms with E-state index in [1.807, 2.05) is 7.05 Å². The van der Waals surface area contributed by atoms with E-state index < -0.39 is 0 Å². The van der Waals surface area contributed by atoms with Crippen molar-refractivity contribution in [2.24, 2.45) is 0 Å². The van der Waals surface area contributed by atoms with Crippen LogP contribution in [0.15, 0.2) is 12.1 Å². The molecule has 0 amide bonds. The first kappa shape index (κ1) is 16.2. The average Bonchev–Trinajstić information content (AvgIpc) is 2.47. The molecule has 0 aromatic carbocycles. The van der Waals surface area contributed by atoms with Crippen LogP contribution in [0.4, 0.5) is 5.82 Å². The van der Waals surface area contributed by atoms with Crippen LogP contribution in [-0.2, 0) is 6.54 Å². The molecule has 1 aromatic heterocycles. The fourth-order valence-corrected chi connectivity index (χ4v) is 3.03. The maximum absolute atomic E-state index is 4.90. The highest BCUT2D eigenvalue weighted by Gasteiger charge is 2.23. The molecule has 1 atom stereocenters. The largest absolute Gasteiger partial charge is 0.354 e. The molecule has 4 nitrogen and oxygen atoms in total. The van der Waals surface area contributed by atoms with Crippen molar-refractivity contribution in [3.05, 3.63) is 23.4 Å². The Morgan fingerprint density at radius 2 is 2.10 bits per heavy atom. The first-order valence-electron chi connectivity index (χ1n) is 8.19. The second-order valence-electron chi connectivity index (χ2n) is 6.37. The Morgan fingerprint density at radius 3 is 2.67 bits per heavy atom. The van der Waals surface area contributed by atoms with E-state index in [9.17, 15) is 0 Å². The molecule has 2 rings (SSSR count). The van der Waals surface area contributed by atoms with Crippen LogP contribution in [0.1, 0.15) is 44.9 Å². The summed E-state index contributed by atoms with van der Waals surface area (Å²) in [5, 5.41) is 3.25. The summed E-state index contributed by atoms with van der Waals surface area (Å²) >= 11 is 0. The van der Waals surface area contributed by atoms with E-state index in [-0.39, 0.29) is 0 Å². The molecule has 1 saturated heterocycles. The zero-order chi connectivity index (χ0) is 15.4. The van der Waals surface area contributed by atoms with Crippen LogP contribution in [0.2, 0.25) is 0 Å². The summed E-state index contributed by atoms with van der Waals surface area (Å²) in [6.07, 6.45) is 0. The van der Waals surface area contributed by atoms with Crippen molar-refractivity contribution in [3.8, 4) is 0 Å². The molecule has 0 bridgehead atoms. The number of nitrogens with zero attached hydrogens (tertiary/aromatic N) is 3. The Hall–Kier alpha value is -1.13. The zero-order valence-corrected chi connectivity index (χ0v) is 14.2. The molecule has 0 aliphatic carbocycles. The molecule has 0 radical (unpaired) electrons. The van der Waals surface area contributed by atoms with E-state index in [0.717, 1.165) is 38.5 Å². The molecule has 0 saturated carbocycles. The van der Waals surface area contributed by atoms with Gasteiger partial charge in [0.05, 0.1) is 0 Å². The van der Waals surface area contributed by atoms with Crippen molar-refractivity contribution in [2.45, 2.75) is 46.2 Å². The van der Waals surface area contributed by atoms with Gasteiger partial charge in [-0.3, -0.25) is 4.90 Å². The van der Waals surface area contributed by atoms with E-state index in [4.69, 9.17) is 4.98 Å². The predicted octanol–water partition coefficient (Wildman–Crippen LogP) is 2.45. The van der Waals surface area contributed by atoms with Gasteiger partial charge in [-0.2, -0.15) is 0 Å². The summed E-state index contributed by atoms with van der Waals surface area (Å²) in [4.78, 5) is 9.89. The summed E-state index contributed by atoms with van der Waals surface area (Å²) < 4.78 is 0. The lowest BCUT2D eigenvalue weighted by Crippen LogP contribution is -2.52. The van der Waals surface area contributed by atoms with Crippen molar-refractivity contribution in [1.82, 2.24) is 15.2 Å². The van der Waals surface area contributed by atoms with E-state index in [1.54, 1.807) is 0 Å². The quantitative estimate of drug-likeness (QED) is 0.902. The van der Waals surface area contributed by atoms with Gasteiger partial charge in [0, 0.05) is 37.9 Å². The number of pyridine rings is 1. The predicted molar refractivity (Wildman–Crippen MR) is 90.0 cm³/mol. The smallest absolute Gasteiger partial charge is 0.129 e. The minimum absolute atomic E-state index is 0.468. The van der Waals surface area contributed by atoms with E-state index in [1.165, 1.54) is 11.3 Å². The first-order valence-corrected chi connectivity index (χ1v) is 8.19. The molecular weight excluding hydrogens is 260 g/mol. The van der Waals surface area contributed by atoms with Crippen molar-refractivity contribution in [2.75, 3.05) is 38.1 Å². The highest BCUT2D eigenvalue weighted by molar-refractivity contribution is 5.44. The van der Waals surface area contributed by atoms with Gasteiger partial charge in [-0.1, -0.05) is 20.8 Å². The average molecular weight is 290 g/mol. The second kappa shape index (κ2) is 7.23. The molecule has 0 spiro atoms. The molecule has 1 aliphatic rings.